The fraction of sp³-hybridized carbons (Fsp3) is 0.0667. The van der Waals surface area contributed by atoms with Crippen LogP contribution in [0.25, 0.3) is 28.4 Å². The van der Waals surface area contributed by atoms with Crippen molar-refractivity contribution < 1.29 is 4.79 Å². The maximum absolute atomic E-state index is 13.7. The van der Waals surface area contributed by atoms with Gasteiger partial charge in [-0.25, -0.2) is 4.98 Å². The number of hydrogen-bond acceptors (Lipinski definition) is 4. The van der Waals surface area contributed by atoms with Crippen molar-refractivity contribution in [2.24, 2.45) is 0 Å². The van der Waals surface area contributed by atoms with Crippen molar-refractivity contribution in [2.75, 3.05) is 5.32 Å². The first kappa shape index (κ1) is 22.8. The molecule has 0 bridgehead atoms. The SMILES string of the molecule is Cc1cc(-n2ncc(C#N)c2NC(=O)/C(=C\c2ccccc2)c2ccccc2)nc2c(C)cccc12. The number of fused-ring (bicyclic) bond motifs is 1. The van der Waals surface area contributed by atoms with E-state index in [4.69, 9.17) is 4.98 Å². The first-order valence-corrected chi connectivity index (χ1v) is 11.5. The highest BCUT2D eigenvalue weighted by Crippen LogP contribution is 2.27. The molecule has 0 unspecified atom stereocenters. The van der Waals surface area contributed by atoms with Crippen molar-refractivity contribution in [1.82, 2.24) is 14.8 Å². The number of nitrogens with zero attached hydrogens (tertiary/aromatic N) is 4. The number of pyridine rings is 1. The summed E-state index contributed by atoms with van der Waals surface area (Å²) in [5.74, 6) is 0.452. The molecule has 5 rings (SSSR count). The molecular weight excluding hydrogens is 446 g/mol. The summed E-state index contributed by atoms with van der Waals surface area (Å²) in [4.78, 5) is 18.5. The molecule has 3 aromatic carbocycles. The van der Waals surface area contributed by atoms with Gasteiger partial charge in [0.05, 0.1) is 11.7 Å². The molecule has 1 N–H and O–H groups in total. The van der Waals surface area contributed by atoms with Crippen LogP contribution in [-0.2, 0) is 4.79 Å². The average molecular weight is 470 g/mol. The predicted octanol–water partition coefficient (Wildman–Crippen LogP) is 6.09. The molecule has 174 valence electrons. The van der Waals surface area contributed by atoms with Crippen LogP contribution in [0.1, 0.15) is 27.8 Å². The minimum Gasteiger partial charge on any atom is -0.305 e. The van der Waals surface area contributed by atoms with Gasteiger partial charge in [0.25, 0.3) is 5.91 Å². The van der Waals surface area contributed by atoms with Gasteiger partial charge in [0.2, 0.25) is 0 Å². The molecule has 1 amide bonds. The highest BCUT2D eigenvalue weighted by molar-refractivity contribution is 6.29. The van der Waals surface area contributed by atoms with Crippen LogP contribution in [0, 0.1) is 25.2 Å². The van der Waals surface area contributed by atoms with Gasteiger partial charge in [-0.05, 0) is 48.2 Å². The molecule has 2 aromatic heterocycles. The molecule has 0 saturated carbocycles. The van der Waals surface area contributed by atoms with Crippen LogP contribution >= 0.6 is 0 Å². The Bertz CT molecular complexity index is 1640. The second-order valence-corrected chi connectivity index (χ2v) is 8.49. The van der Waals surface area contributed by atoms with Gasteiger partial charge in [-0.15, -0.1) is 0 Å². The van der Waals surface area contributed by atoms with Crippen LogP contribution in [0.3, 0.4) is 0 Å². The molecular formula is C30H23N5O. The Labute approximate surface area is 209 Å². The molecule has 0 saturated heterocycles. The molecule has 36 heavy (non-hydrogen) atoms. The Hall–Kier alpha value is -5.02. The van der Waals surface area contributed by atoms with E-state index in [9.17, 15) is 10.1 Å². The van der Waals surface area contributed by atoms with Gasteiger partial charge in [-0.3, -0.25) is 4.79 Å². The zero-order valence-electron chi connectivity index (χ0n) is 19.9. The standard InChI is InChI=1S/C30H23N5O/c1-20-10-9-15-25-21(2)16-27(33-28(20)25)35-29(24(18-31)19-32-35)34-30(36)26(23-13-7-4-8-14-23)17-22-11-5-3-6-12-22/h3-17,19H,1-2H3,(H,34,36)/b26-17-. The van der Waals surface area contributed by atoms with Crippen LogP contribution in [0.5, 0.6) is 0 Å². The van der Waals surface area contributed by atoms with E-state index in [1.807, 2.05) is 105 Å². The third kappa shape index (κ3) is 4.38. The Morgan fingerprint density at radius 1 is 0.944 bits per heavy atom. The number of aromatic nitrogens is 3. The number of nitrogens with one attached hydrogen (secondary N) is 1. The molecule has 0 spiro atoms. The monoisotopic (exact) mass is 469 g/mol. The van der Waals surface area contributed by atoms with Gasteiger partial charge in [-0.1, -0.05) is 78.9 Å². The average Bonchev–Trinajstić information content (AvgIpc) is 3.31. The van der Waals surface area contributed by atoms with E-state index >= 15 is 0 Å². The summed E-state index contributed by atoms with van der Waals surface area (Å²) in [5, 5.41) is 18.2. The number of carbonyl (C=O) groups excluding carboxylic acids is 1. The zero-order chi connectivity index (χ0) is 25.1. The second kappa shape index (κ2) is 9.69. The van der Waals surface area contributed by atoms with Crippen molar-refractivity contribution >= 4 is 34.3 Å². The number of rotatable bonds is 5. The number of carbonyl (C=O) groups is 1. The number of anilines is 1. The molecule has 5 aromatic rings. The van der Waals surface area contributed by atoms with Crippen LogP contribution in [0.4, 0.5) is 5.82 Å². The smallest absolute Gasteiger partial charge is 0.257 e. The molecule has 0 radical (unpaired) electrons. The first-order valence-electron chi connectivity index (χ1n) is 11.5. The van der Waals surface area contributed by atoms with Crippen LogP contribution < -0.4 is 5.32 Å². The van der Waals surface area contributed by atoms with Crippen LogP contribution in [0.2, 0.25) is 0 Å². The minimum absolute atomic E-state index is 0.250. The van der Waals surface area contributed by atoms with Crippen molar-refractivity contribution in [3.8, 4) is 11.9 Å². The van der Waals surface area contributed by atoms with E-state index in [1.54, 1.807) is 0 Å². The summed E-state index contributed by atoms with van der Waals surface area (Å²) < 4.78 is 1.51. The predicted molar refractivity (Wildman–Crippen MR) is 142 cm³/mol. The van der Waals surface area contributed by atoms with E-state index in [0.717, 1.165) is 33.2 Å². The number of amides is 1. The van der Waals surface area contributed by atoms with Gasteiger partial charge < -0.3 is 5.32 Å². The van der Waals surface area contributed by atoms with Gasteiger partial charge in [0.1, 0.15) is 11.6 Å². The topological polar surface area (TPSA) is 83.6 Å². The number of hydrogen-bond donors (Lipinski definition) is 1. The summed E-state index contributed by atoms with van der Waals surface area (Å²) in [6.45, 7) is 4.02. The first-order chi connectivity index (χ1) is 17.5. The Balaban J connectivity index is 1.60. The summed E-state index contributed by atoms with van der Waals surface area (Å²) >= 11 is 0. The van der Waals surface area contributed by atoms with E-state index in [2.05, 4.69) is 16.5 Å². The van der Waals surface area contributed by atoms with Gasteiger partial charge in [0, 0.05) is 11.0 Å². The molecule has 2 heterocycles. The second-order valence-electron chi connectivity index (χ2n) is 8.49. The fourth-order valence-corrected chi connectivity index (χ4v) is 4.17. The zero-order valence-corrected chi connectivity index (χ0v) is 19.9. The van der Waals surface area contributed by atoms with Gasteiger partial charge >= 0.3 is 0 Å². The normalized spacial score (nSPS) is 11.3. The Kier molecular flexibility index (Phi) is 6.12. The minimum atomic E-state index is -0.350. The van der Waals surface area contributed by atoms with Crippen LogP contribution in [0.15, 0.2) is 91.1 Å². The maximum atomic E-state index is 13.7. The molecule has 0 fully saturated rings. The lowest BCUT2D eigenvalue weighted by atomic mass is 10.0. The number of nitriles is 1. The Morgan fingerprint density at radius 3 is 2.39 bits per heavy atom. The Morgan fingerprint density at radius 2 is 1.67 bits per heavy atom. The molecule has 6 nitrogen and oxygen atoms in total. The molecule has 0 atom stereocenters. The highest BCUT2D eigenvalue weighted by Gasteiger charge is 2.20. The lowest BCUT2D eigenvalue weighted by Crippen LogP contribution is -2.18. The molecule has 0 aliphatic heterocycles. The summed E-state index contributed by atoms with van der Waals surface area (Å²) in [6.07, 6.45) is 3.27. The summed E-state index contributed by atoms with van der Waals surface area (Å²) in [5.41, 5.74) is 5.29. The fourth-order valence-electron chi connectivity index (χ4n) is 4.17. The quantitative estimate of drug-likeness (QED) is 0.249. The van der Waals surface area contributed by atoms with Crippen molar-refractivity contribution in [3.05, 3.63) is 119 Å². The lowest BCUT2D eigenvalue weighted by Gasteiger charge is -2.13. The summed E-state index contributed by atoms with van der Waals surface area (Å²) in [6, 6.07) is 29.2. The largest absolute Gasteiger partial charge is 0.305 e. The molecule has 0 aliphatic carbocycles. The van der Waals surface area contributed by atoms with Crippen LogP contribution in [-0.4, -0.2) is 20.7 Å². The van der Waals surface area contributed by atoms with E-state index in [-0.39, 0.29) is 17.3 Å². The van der Waals surface area contributed by atoms with E-state index < -0.39 is 0 Å². The number of para-hydroxylation sites is 1. The maximum Gasteiger partial charge on any atom is 0.257 e. The number of benzene rings is 3. The van der Waals surface area contributed by atoms with Gasteiger partial charge in [0.15, 0.2) is 11.6 Å². The third-order valence-corrected chi connectivity index (χ3v) is 6.01. The molecule has 6 heteroatoms. The molecule has 0 aliphatic rings. The third-order valence-electron chi connectivity index (χ3n) is 6.01. The van der Waals surface area contributed by atoms with Crippen molar-refractivity contribution in [1.29, 1.82) is 5.26 Å². The lowest BCUT2D eigenvalue weighted by molar-refractivity contribution is -0.111. The highest BCUT2D eigenvalue weighted by atomic mass is 16.1. The van der Waals surface area contributed by atoms with Gasteiger partial charge in [-0.2, -0.15) is 15.0 Å². The summed E-state index contributed by atoms with van der Waals surface area (Å²) in [7, 11) is 0. The van der Waals surface area contributed by atoms with E-state index in [0.29, 0.717) is 11.4 Å². The van der Waals surface area contributed by atoms with Crippen molar-refractivity contribution in [2.45, 2.75) is 13.8 Å². The number of aryl methyl sites for hydroxylation is 2. The van der Waals surface area contributed by atoms with Crippen molar-refractivity contribution in [3.63, 3.8) is 0 Å². The van der Waals surface area contributed by atoms with E-state index in [1.165, 1.54) is 10.9 Å².